The highest BCUT2D eigenvalue weighted by Gasteiger charge is 2.28. The fraction of sp³-hybridized carbons (Fsp3) is 0.417. The number of fused-ring (bicyclic) bond motifs is 1. The Labute approximate surface area is 95.0 Å². The molecule has 1 aromatic carbocycles. The summed E-state index contributed by atoms with van der Waals surface area (Å²) in [5, 5.41) is 0. The van der Waals surface area contributed by atoms with E-state index in [0.717, 1.165) is 16.9 Å². The molecule has 0 saturated carbocycles. The van der Waals surface area contributed by atoms with Crippen molar-refractivity contribution in [1.82, 2.24) is 4.90 Å². The van der Waals surface area contributed by atoms with Crippen molar-refractivity contribution < 1.29 is 9.53 Å². The van der Waals surface area contributed by atoms with Gasteiger partial charge in [-0.05, 0) is 23.8 Å². The summed E-state index contributed by atoms with van der Waals surface area (Å²) in [6.45, 7) is 1.22. The van der Waals surface area contributed by atoms with E-state index in [1.807, 2.05) is 18.2 Å². The zero-order valence-electron chi connectivity index (χ0n) is 9.56. The number of likely N-dealkylation sites (N-methyl/N-ethyl adjacent to an activating group) is 1. The lowest BCUT2D eigenvalue weighted by Gasteiger charge is -2.31. The van der Waals surface area contributed by atoms with Gasteiger partial charge in [0.25, 0.3) is 5.91 Å². The van der Waals surface area contributed by atoms with Crippen LogP contribution in [0.3, 0.4) is 0 Å². The molecule has 4 nitrogen and oxygen atoms in total. The lowest BCUT2D eigenvalue weighted by atomic mass is 9.89. The number of ether oxygens (including phenoxy) is 1. The lowest BCUT2D eigenvalue weighted by molar-refractivity contribution is 0.0766. The molecular formula is C12H16N2O2. The highest BCUT2D eigenvalue weighted by atomic mass is 16.5. The Bertz CT molecular complexity index is 417. The Kier molecular flexibility index (Phi) is 2.83. The first-order chi connectivity index (χ1) is 7.67. The molecule has 4 heteroatoms. The first kappa shape index (κ1) is 11.0. The minimum atomic E-state index is 0.0577. The smallest absolute Gasteiger partial charge is 0.253 e. The Hall–Kier alpha value is -1.55. The molecule has 0 radical (unpaired) electrons. The summed E-state index contributed by atoms with van der Waals surface area (Å²) in [7, 11) is 3.42. The summed E-state index contributed by atoms with van der Waals surface area (Å²) in [4.78, 5) is 13.6. The lowest BCUT2D eigenvalue weighted by Crippen LogP contribution is -2.39. The number of nitrogens with zero attached hydrogens (tertiary/aromatic N) is 1. The Morgan fingerprint density at radius 1 is 1.56 bits per heavy atom. The molecule has 0 aliphatic carbocycles. The van der Waals surface area contributed by atoms with Gasteiger partial charge in [0.1, 0.15) is 5.75 Å². The predicted molar refractivity (Wildman–Crippen MR) is 61.7 cm³/mol. The van der Waals surface area contributed by atoms with Crippen molar-refractivity contribution in [3.63, 3.8) is 0 Å². The molecule has 1 aromatic rings. The maximum Gasteiger partial charge on any atom is 0.253 e. The molecule has 1 aliphatic rings. The molecule has 86 valence electrons. The van der Waals surface area contributed by atoms with E-state index in [-0.39, 0.29) is 11.8 Å². The molecule has 1 atom stereocenters. The summed E-state index contributed by atoms with van der Waals surface area (Å²) in [6.07, 6.45) is 0. The van der Waals surface area contributed by atoms with Crippen LogP contribution in [0.5, 0.6) is 5.75 Å². The first-order valence-electron chi connectivity index (χ1n) is 5.30. The largest absolute Gasteiger partial charge is 0.497 e. The SMILES string of the molecule is COc1ccc2c(c1)C(CN)CN(C)C2=O. The van der Waals surface area contributed by atoms with Crippen LogP contribution in [0.4, 0.5) is 0 Å². The van der Waals surface area contributed by atoms with E-state index in [9.17, 15) is 4.79 Å². The molecule has 1 heterocycles. The first-order valence-corrected chi connectivity index (χ1v) is 5.30. The third-order valence-corrected chi connectivity index (χ3v) is 3.05. The maximum atomic E-state index is 11.9. The Morgan fingerprint density at radius 2 is 2.31 bits per heavy atom. The number of amides is 1. The number of carbonyl (C=O) groups excluding carboxylic acids is 1. The van der Waals surface area contributed by atoms with Gasteiger partial charge in [0, 0.05) is 31.6 Å². The van der Waals surface area contributed by atoms with Crippen LogP contribution >= 0.6 is 0 Å². The molecule has 0 aromatic heterocycles. The van der Waals surface area contributed by atoms with Crippen LogP contribution in [0.1, 0.15) is 21.8 Å². The van der Waals surface area contributed by atoms with Gasteiger partial charge in [-0.3, -0.25) is 4.79 Å². The van der Waals surface area contributed by atoms with E-state index < -0.39 is 0 Å². The predicted octanol–water partition coefficient (Wildman–Crippen LogP) is 0.823. The number of hydrogen-bond donors (Lipinski definition) is 1. The van der Waals surface area contributed by atoms with E-state index in [2.05, 4.69) is 0 Å². The third-order valence-electron chi connectivity index (χ3n) is 3.05. The van der Waals surface area contributed by atoms with Crippen molar-refractivity contribution in [2.45, 2.75) is 5.92 Å². The third kappa shape index (κ3) is 1.65. The van der Waals surface area contributed by atoms with Gasteiger partial charge in [-0.15, -0.1) is 0 Å². The van der Waals surface area contributed by atoms with Gasteiger partial charge in [-0.25, -0.2) is 0 Å². The number of benzene rings is 1. The summed E-state index contributed by atoms with van der Waals surface area (Å²) in [5.74, 6) is 1.03. The summed E-state index contributed by atoms with van der Waals surface area (Å²) in [6, 6.07) is 5.54. The van der Waals surface area contributed by atoms with E-state index in [0.29, 0.717) is 13.1 Å². The minimum Gasteiger partial charge on any atom is -0.497 e. The Balaban J connectivity index is 2.50. The van der Waals surface area contributed by atoms with Crippen LogP contribution in [-0.4, -0.2) is 38.1 Å². The van der Waals surface area contributed by atoms with Gasteiger partial charge in [-0.1, -0.05) is 0 Å². The fourth-order valence-corrected chi connectivity index (χ4v) is 2.12. The van der Waals surface area contributed by atoms with Crippen LogP contribution in [-0.2, 0) is 0 Å². The average Bonchev–Trinajstić information content (AvgIpc) is 2.33. The van der Waals surface area contributed by atoms with Crippen LogP contribution in [0.25, 0.3) is 0 Å². The maximum absolute atomic E-state index is 11.9. The van der Waals surface area contributed by atoms with Gasteiger partial charge in [0.2, 0.25) is 0 Å². The summed E-state index contributed by atoms with van der Waals surface area (Å²) >= 11 is 0. The Morgan fingerprint density at radius 3 is 2.94 bits per heavy atom. The second-order valence-electron chi connectivity index (χ2n) is 4.07. The van der Waals surface area contributed by atoms with Crippen LogP contribution in [0.2, 0.25) is 0 Å². The van der Waals surface area contributed by atoms with E-state index in [4.69, 9.17) is 10.5 Å². The number of hydrogen-bond acceptors (Lipinski definition) is 3. The highest BCUT2D eigenvalue weighted by Crippen LogP contribution is 2.29. The van der Waals surface area contributed by atoms with Crippen molar-refractivity contribution in [2.24, 2.45) is 5.73 Å². The molecule has 1 unspecified atom stereocenters. The van der Waals surface area contributed by atoms with Gasteiger partial charge in [0.05, 0.1) is 7.11 Å². The molecule has 1 amide bonds. The zero-order valence-corrected chi connectivity index (χ0v) is 9.56. The molecule has 16 heavy (non-hydrogen) atoms. The monoisotopic (exact) mass is 220 g/mol. The number of carbonyl (C=O) groups is 1. The minimum absolute atomic E-state index is 0.0577. The van der Waals surface area contributed by atoms with E-state index in [1.54, 1.807) is 19.1 Å². The topological polar surface area (TPSA) is 55.6 Å². The second-order valence-corrected chi connectivity index (χ2v) is 4.07. The van der Waals surface area contributed by atoms with Crippen molar-refractivity contribution in [2.75, 3.05) is 27.2 Å². The second kappa shape index (κ2) is 4.14. The van der Waals surface area contributed by atoms with Crippen LogP contribution in [0, 0.1) is 0 Å². The molecule has 2 rings (SSSR count). The molecule has 2 N–H and O–H groups in total. The van der Waals surface area contributed by atoms with Gasteiger partial charge in [0.15, 0.2) is 0 Å². The standard InChI is InChI=1S/C12H16N2O2/c1-14-7-8(6-13)11-5-9(16-2)3-4-10(11)12(14)15/h3-5,8H,6-7,13H2,1-2H3. The number of methoxy groups -OCH3 is 1. The molecule has 1 aliphatic heterocycles. The number of nitrogens with two attached hydrogens (primary N) is 1. The van der Waals surface area contributed by atoms with Gasteiger partial charge >= 0.3 is 0 Å². The van der Waals surface area contributed by atoms with Crippen molar-refractivity contribution in [1.29, 1.82) is 0 Å². The molecule has 0 spiro atoms. The van der Waals surface area contributed by atoms with Crippen molar-refractivity contribution in [3.8, 4) is 5.75 Å². The zero-order chi connectivity index (χ0) is 11.7. The fourth-order valence-electron chi connectivity index (χ4n) is 2.12. The molecular weight excluding hydrogens is 204 g/mol. The summed E-state index contributed by atoms with van der Waals surface area (Å²) in [5.41, 5.74) is 7.48. The quantitative estimate of drug-likeness (QED) is 0.803. The van der Waals surface area contributed by atoms with E-state index in [1.165, 1.54) is 0 Å². The average molecular weight is 220 g/mol. The van der Waals surface area contributed by atoms with E-state index >= 15 is 0 Å². The summed E-state index contributed by atoms with van der Waals surface area (Å²) < 4.78 is 5.17. The van der Waals surface area contributed by atoms with Crippen molar-refractivity contribution >= 4 is 5.91 Å². The van der Waals surface area contributed by atoms with Crippen LogP contribution in [0.15, 0.2) is 18.2 Å². The molecule has 0 saturated heterocycles. The van der Waals surface area contributed by atoms with Crippen molar-refractivity contribution in [3.05, 3.63) is 29.3 Å². The normalized spacial score (nSPS) is 19.6. The molecule has 0 fully saturated rings. The van der Waals surface area contributed by atoms with Gasteiger partial charge < -0.3 is 15.4 Å². The highest BCUT2D eigenvalue weighted by molar-refractivity contribution is 5.97. The molecule has 0 bridgehead atoms. The van der Waals surface area contributed by atoms with Crippen LogP contribution < -0.4 is 10.5 Å². The van der Waals surface area contributed by atoms with Gasteiger partial charge in [-0.2, -0.15) is 0 Å². The number of rotatable bonds is 2.